The highest BCUT2D eigenvalue weighted by atomic mass is 16.5. The first kappa shape index (κ1) is 18.8. The lowest BCUT2D eigenvalue weighted by Gasteiger charge is -2.30. The summed E-state index contributed by atoms with van der Waals surface area (Å²) >= 11 is 0. The van der Waals surface area contributed by atoms with Gasteiger partial charge in [0.15, 0.2) is 0 Å². The minimum Gasteiger partial charge on any atom is -0.490 e. The third-order valence-electron chi connectivity index (χ3n) is 6.69. The molecule has 1 aromatic rings. The van der Waals surface area contributed by atoms with Crippen LogP contribution in [0.1, 0.15) is 102 Å². The van der Waals surface area contributed by atoms with Gasteiger partial charge in [0.25, 0.3) is 0 Å². The lowest BCUT2D eigenvalue weighted by molar-refractivity contribution is 0.128. The molecule has 1 aromatic carbocycles. The van der Waals surface area contributed by atoms with Crippen molar-refractivity contribution in [1.29, 1.82) is 0 Å². The molecule has 2 saturated carbocycles. The van der Waals surface area contributed by atoms with Crippen molar-refractivity contribution in [2.45, 2.75) is 103 Å². The van der Waals surface area contributed by atoms with E-state index in [1.54, 1.807) is 0 Å². The normalized spacial score (nSPS) is 30.2. The Morgan fingerprint density at radius 2 is 1.24 bits per heavy atom. The van der Waals surface area contributed by atoms with Gasteiger partial charge in [0, 0.05) is 0 Å². The second-order valence-corrected chi connectivity index (χ2v) is 8.62. The van der Waals surface area contributed by atoms with Crippen LogP contribution in [-0.2, 0) is 0 Å². The van der Waals surface area contributed by atoms with Crippen LogP contribution in [0.4, 0.5) is 0 Å². The fourth-order valence-corrected chi connectivity index (χ4v) is 5.15. The molecule has 0 heterocycles. The van der Waals surface area contributed by atoms with Crippen molar-refractivity contribution in [3.63, 3.8) is 0 Å². The quantitative estimate of drug-likeness (QED) is 0.498. The van der Waals surface area contributed by atoms with E-state index >= 15 is 0 Å². The Morgan fingerprint density at radius 3 is 1.76 bits per heavy atom. The highest BCUT2D eigenvalue weighted by Gasteiger charge is 2.23. The van der Waals surface area contributed by atoms with E-state index in [-0.39, 0.29) is 0 Å². The predicted octanol–water partition coefficient (Wildman–Crippen LogP) is 7.50. The molecular weight excluding hydrogens is 304 g/mol. The average Bonchev–Trinajstić information content (AvgIpc) is 2.65. The first-order chi connectivity index (χ1) is 12.3. The van der Waals surface area contributed by atoms with Crippen LogP contribution in [0.2, 0.25) is 0 Å². The molecule has 3 rings (SSSR count). The van der Waals surface area contributed by atoms with Gasteiger partial charge in [-0.05, 0) is 86.8 Å². The topological polar surface area (TPSA) is 9.23 Å². The molecule has 0 saturated heterocycles. The maximum Gasteiger partial charge on any atom is 0.119 e. The molecule has 0 radical (unpaired) electrons. The van der Waals surface area contributed by atoms with Crippen molar-refractivity contribution in [3.05, 3.63) is 29.8 Å². The molecule has 0 unspecified atom stereocenters. The van der Waals surface area contributed by atoms with Gasteiger partial charge in [0.05, 0.1) is 6.10 Å². The average molecular weight is 343 g/mol. The molecule has 2 aliphatic carbocycles. The number of hydrogen-bond donors (Lipinski definition) is 0. The zero-order valence-electron chi connectivity index (χ0n) is 16.5. The summed E-state index contributed by atoms with van der Waals surface area (Å²) < 4.78 is 6.27. The fourth-order valence-electron chi connectivity index (χ4n) is 5.15. The van der Waals surface area contributed by atoms with Gasteiger partial charge in [-0.25, -0.2) is 0 Å². The summed E-state index contributed by atoms with van der Waals surface area (Å²) in [5, 5.41) is 0. The number of ether oxygens (including phenoxy) is 1. The summed E-state index contributed by atoms with van der Waals surface area (Å²) in [4.78, 5) is 0. The largest absolute Gasteiger partial charge is 0.490 e. The monoisotopic (exact) mass is 342 g/mol. The SMILES string of the molecule is CCCC1CCC(Oc2ccc(C3CCC(CCC)CC3)cc2)CC1. The fraction of sp³-hybridized carbons (Fsp3) is 0.750. The second-order valence-electron chi connectivity index (χ2n) is 8.62. The van der Waals surface area contributed by atoms with E-state index < -0.39 is 0 Å². The minimum absolute atomic E-state index is 0.448. The molecule has 2 aliphatic rings. The van der Waals surface area contributed by atoms with Crippen molar-refractivity contribution in [1.82, 2.24) is 0 Å². The van der Waals surface area contributed by atoms with E-state index in [4.69, 9.17) is 4.74 Å². The van der Waals surface area contributed by atoms with Crippen LogP contribution in [0.3, 0.4) is 0 Å². The van der Waals surface area contributed by atoms with Gasteiger partial charge in [-0.3, -0.25) is 0 Å². The molecule has 0 aliphatic heterocycles. The molecule has 140 valence electrons. The van der Waals surface area contributed by atoms with Crippen LogP contribution in [0.25, 0.3) is 0 Å². The molecule has 0 spiro atoms. The van der Waals surface area contributed by atoms with E-state index in [0.29, 0.717) is 6.10 Å². The van der Waals surface area contributed by atoms with Crippen molar-refractivity contribution in [2.24, 2.45) is 11.8 Å². The summed E-state index contributed by atoms with van der Waals surface area (Å²) in [6.07, 6.45) is 16.8. The van der Waals surface area contributed by atoms with Crippen molar-refractivity contribution >= 4 is 0 Å². The molecular formula is C24H38O. The Kier molecular flexibility index (Phi) is 7.25. The lowest BCUT2D eigenvalue weighted by atomic mass is 9.77. The van der Waals surface area contributed by atoms with E-state index in [0.717, 1.165) is 23.5 Å². The van der Waals surface area contributed by atoms with E-state index in [1.807, 2.05) is 0 Å². The molecule has 0 aromatic heterocycles. The maximum atomic E-state index is 6.27. The lowest BCUT2D eigenvalue weighted by Crippen LogP contribution is -2.24. The summed E-state index contributed by atoms with van der Waals surface area (Å²) in [6, 6.07) is 9.13. The second kappa shape index (κ2) is 9.64. The molecule has 0 bridgehead atoms. The van der Waals surface area contributed by atoms with Gasteiger partial charge in [-0.1, -0.05) is 51.7 Å². The summed E-state index contributed by atoms with van der Waals surface area (Å²) in [5.41, 5.74) is 1.54. The van der Waals surface area contributed by atoms with Crippen LogP contribution in [0.15, 0.2) is 24.3 Å². The van der Waals surface area contributed by atoms with Crippen molar-refractivity contribution < 1.29 is 4.74 Å². The Hall–Kier alpha value is -0.980. The molecule has 0 atom stereocenters. The van der Waals surface area contributed by atoms with Crippen LogP contribution in [-0.4, -0.2) is 6.10 Å². The standard InChI is InChI=1S/C24H38O/c1-3-5-19-7-11-21(12-8-19)22-13-17-24(18-14-22)25-23-15-9-20(6-4-2)10-16-23/h13-14,17-21,23H,3-12,15-16H2,1-2H3. The zero-order chi connectivity index (χ0) is 17.5. The Balaban J connectivity index is 1.45. The van der Waals surface area contributed by atoms with Crippen molar-refractivity contribution in [2.75, 3.05) is 0 Å². The van der Waals surface area contributed by atoms with E-state index in [1.165, 1.54) is 82.6 Å². The smallest absolute Gasteiger partial charge is 0.119 e. The Labute approximate surface area is 155 Å². The first-order valence-electron chi connectivity index (χ1n) is 11.0. The maximum absolute atomic E-state index is 6.27. The minimum atomic E-state index is 0.448. The highest BCUT2D eigenvalue weighted by Crippen LogP contribution is 2.38. The van der Waals surface area contributed by atoms with Crippen LogP contribution in [0, 0.1) is 11.8 Å². The van der Waals surface area contributed by atoms with Crippen LogP contribution >= 0.6 is 0 Å². The summed E-state index contributed by atoms with van der Waals surface area (Å²) in [5.74, 6) is 3.82. The third-order valence-corrected chi connectivity index (χ3v) is 6.69. The zero-order valence-corrected chi connectivity index (χ0v) is 16.5. The van der Waals surface area contributed by atoms with Crippen LogP contribution < -0.4 is 4.74 Å². The Bertz CT molecular complexity index is 475. The van der Waals surface area contributed by atoms with E-state index in [9.17, 15) is 0 Å². The van der Waals surface area contributed by atoms with Gasteiger partial charge >= 0.3 is 0 Å². The van der Waals surface area contributed by atoms with E-state index in [2.05, 4.69) is 38.1 Å². The van der Waals surface area contributed by atoms with Crippen LogP contribution in [0.5, 0.6) is 5.75 Å². The van der Waals surface area contributed by atoms with Gasteiger partial charge < -0.3 is 4.74 Å². The molecule has 0 N–H and O–H groups in total. The highest BCUT2D eigenvalue weighted by molar-refractivity contribution is 5.30. The van der Waals surface area contributed by atoms with Gasteiger partial charge in [-0.15, -0.1) is 0 Å². The van der Waals surface area contributed by atoms with Gasteiger partial charge in [-0.2, -0.15) is 0 Å². The number of benzene rings is 1. The number of rotatable bonds is 7. The van der Waals surface area contributed by atoms with Gasteiger partial charge in [0.2, 0.25) is 0 Å². The molecule has 25 heavy (non-hydrogen) atoms. The number of hydrogen-bond acceptors (Lipinski definition) is 1. The molecule has 0 amide bonds. The van der Waals surface area contributed by atoms with Crippen molar-refractivity contribution in [3.8, 4) is 5.75 Å². The summed E-state index contributed by atoms with van der Waals surface area (Å²) in [7, 11) is 0. The molecule has 2 fully saturated rings. The summed E-state index contributed by atoms with van der Waals surface area (Å²) in [6.45, 7) is 4.63. The predicted molar refractivity (Wildman–Crippen MR) is 107 cm³/mol. The Morgan fingerprint density at radius 1 is 0.720 bits per heavy atom. The molecule has 1 nitrogen and oxygen atoms in total. The van der Waals surface area contributed by atoms with Gasteiger partial charge in [0.1, 0.15) is 5.75 Å². The first-order valence-corrected chi connectivity index (χ1v) is 11.0. The third kappa shape index (κ3) is 5.50. The molecule has 1 heteroatoms.